The number of nitrogens with zero attached hydrogens (tertiary/aromatic N) is 3. The molecule has 0 aromatic carbocycles. The molecule has 0 aromatic rings. The molecule has 314 valence electrons. The van der Waals surface area contributed by atoms with Gasteiger partial charge in [0.05, 0.1) is 27.6 Å². The van der Waals surface area contributed by atoms with Crippen LogP contribution in [0.2, 0.25) is 0 Å². The van der Waals surface area contributed by atoms with Crippen molar-refractivity contribution in [2.75, 3.05) is 26.2 Å². The summed E-state index contributed by atoms with van der Waals surface area (Å²) in [5.74, 6) is 0. The smallest absolute Gasteiger partial charge is 0.809 e. The van der Waals surface area contributed by atoms with Crippen LogP contribution < -0.4 is 475 Å². The molecule has 0 saturated heterocycles. The molecule has 0 saturated carbocycles. The summed E-state index contributed by atoms with van der Waals surface area (Å²) in [4.78, 5) is 229. The fourth-order valence-electron chi connectivity index (χ4n) is 4.25. The van der Waals surface area contributed by atoms with Gasteiger partial charge in [-0.3, -0.25) is 14.7 Å². The second kappa shape index (κ2) is 57.0. The van der Waals surface area contributed by atoms with Crippen LogP contribution in [0.3, 0.4) is 0 Å². The first kappa shape index (κ1) is 147. The Labute approximate surface area is 653 Å². The molecule has 0 N–H and O–H groups in total. The zero-order chi connectivity index (χ0) is 42.4. The van der Waals surface area contributed by atoms with E-state index in [0.717, 1.165) is 0 Å². The van der Waals surface area contributed by atoms with Crippen LogP contribution in [-0.4, -0.2) is 68.5 Å². The maximum absolute atomic E-state index is 11.8. The Kier molecular flexibility index (Phi) is 116. The summed E-state index contributed by atoms with van der Waals surface area (Å²) in [5, 5.41) is 0. The van der Waals surface area contributed by atoms with Gasteiger partial charge in [-0.15, -0.1) is 0 Å². The third-order valence-electron chi connectivity index (χ3n) is 5.63. The van der Waals surface area contributed by atoms with Crippen molar-refractivity contribution in [3.05, 3.63) is 0 Å². The van der Waals surface area contributed by atoms with Gasteiger partial charge in [-0.2, -0.15) is 0 Å². The van der Waals surface area contributed by atoms with Crippen LogP contribution in [0.1, 0.15) is 0 Å². The Hall–Kier alpha value is 13.3. The summed E-state index contributed by atoms with van der Waals surface area (Å²) in [6.07, 6.45) is 0. The van der Waals surface area contributed by atoms with E-state index < -0.39 is 144 Å². The summed E-state index contributed by atoms with van der Waals surface area (Å²) in [5.41, 5.74) is -23.6. The largest absolute Gasteiger partial charge is 1.00 e. The predicted octanol–water partition coefficient (Wildman–Crippen LogP) is -77.5. The van der Waals surface area contributed by atoms with Crippen LogP contribution in [0.5, 0.6) is 0 Å². The van der Waals surface area contributed by atoms with Gasteiger partial charge in [-0.05, 0) is 76.0 Å². The van der Waals surface area contributed by atoms with E-state index in [9.17, 15) is 144 Å². The molecule has 0 aliphatic heterocycles. The Morgan fingerprint density at radius 1 is 0.194 bits per heavy atom. The van der Waals surface area contributed by atoms with E-state index in [1.165, 1.54) is 0 Å². The standard InChI is InChI=1S/C9H33N3O30P10.20Li/c13-43(14,15)5(44(16,17)18)10(1-3-11(6(45(19,20)21)46(22,23)24)7(47(25,26)27)48(28,29)30)2-4-12(8(49(31,32)33)50(34,35)36)9(51(37,38)39)52(40,41)42;;;;;;;;;;;;;;;;;;;;/h5-9H,1-4H2,(H2,13,14,15)(H2,16,17,18)(H2,19,20,21)(H2,22,23,24)(H2,25,26,27)(H2,28,29,30)(H2,31,32,33)(H2,34,35,36)(H2,37,38,39)(H2,40,41,42);;;;;;;;;;;;;;;;;;;;/q;20*+1/p-20. The van der Waals surface area contributed by atoms with Crippen molar-refractivity contribution in [3.63, 3.8) is 0 Å². The molecule has 0 spiro atoms. The SMILES string of the molecule is O=P([O-])([O-])C(N(CCN(C(P(=O)([O-])[O-])P(=O)([O-])[O-])C(P(=O)([O-])[O-])P(=O)([O-])[O-])CCN(C(P(=O)([O-])[O-])P(=O)([O-])[O-])C(P(=O)([O-])[O-])P(=O)([O-])[O-])P(=O)([O-])[O-].[Li+].[Li+].[Li+].[Li+].[Li+].[Li+].[Li+].[Li+].[Li+].[Li+].[Li+].[Li+].[Li+].[Li+].[Li+].[Li+].[Li+].[Li+].[Li+].[Li+]. The molecule has 72 heavy (non-hydrogen) atoms. The van der Waals surface area contributed by atoms with Gasteiger partial charge >= 0.3 is 377 Å². The maximum atomic E-state index is 11.8. The van der Waals surface area contributed by atoms with E-state index in [2.05, 4.69) is 0 Å². The van der Waals surface area contributed by atoms with E-state index in [1.54, 1.807) is 0 Å². The topological polar surface area (TPSA) is 642 Å². The zero-order valence-electron chi connectivity index (χ0n) is 43.8. The van der Waals surface area contributed by atoms with Gasteiger partial charge in [0.15, 0.2) is 0 Å². The summed E-state index contributed by atoms with van der Waals surface area (Å²) < 4.78 is 117. The van der Waals surface area contributed by atoms with Crippen molar-refractivity contribution in [1.82, 2.24) is 14.7 Å². The second-order valence-electron chi connectivity index (χ2n) is 9.64. The summed E-state index contributed by atoms with van der Waals surface area (Å²) in [7, 11) is -74.5. The van der Waals surface area contributed by atoms with Crippen molar-refractivity contribution in [2.45, 2.75) is 27.6 Å². The fraction of sp³-hybridized carbons (Fsp3) is 1.00. The molecule has 0 aromatic heterocycles. The molecule has 63 heteroatoms. The van der Waals surface area contributed by atoms with Gasteiger partial charge in [0, 0.05) is 26.2 Å². The minimum atomic E-state index is -7.47. The predicted molar refractivity (Wildman–Crippen MR) is 120 cm³/mol. The normalized spacial score (nSPS) is 11.4. The van der Waals surface area contributed by atoms with Gasteiger partial charge in [0.2, 0.25) is 0 Å². The summed E-state index contributed by atoms with van der Waals surface area (Å²) in [6, 6.07) is 0. The van der Waals surface area contributed by atoms with E-state index >= 15 is 0 Å². The Balaban J connectivity index is -0.0000000684. The third kappa shape index (κ3) is 52.9. The Morgan fingerprint density at radius 3 is 0.375 bits per heavy atom. The molecule has 0 aliphatic rings. The monoisotopic (exact) mass is 1090 g/mol. The van der Waals surface area contributed by atoms with Crippen molar-refractivity contribution >= 4 is 76.0 Å². The van der Waals surface area contributed by atoms with Gasteiger partial charge in [-0.1, -0.05) is 0 Å². The first-order valence-electron chi connectivity index (χ1n) is 11.6. The van der Waals surface area contributed by atoms with Crippen molar-refractivity contribution < 1.29 is 521 Å². The van der Waals surface area contributed by atoms with Crippen molar-refractivity contribution in [1.29, 1.82) is 0 Å². The number of rotatable bonds is 21. The van der Waals surface area contributed by atoms with Crippen LogP contribution in [-0.2, 0) is 45.7 Å². The Bertz CT molecular complexity index is 1510. The van der Waals surface area contributed by atoms with Crippen LogP contribution in [0, 0.1) is 0 Å². The average molecular weight is 1090 g/mol. The molecule has 0 radical (unpaired) electrons. The molecular formula is C9H13Li20N3O30P10. The van der Waals surface area contributed by atoms with Gasteiger partial charge < -0.3 is 144 Å². The molecular weight excluding hydrogens is 1080 g/mol. The van der Waals surface area contributed by atoms with Crippen LogP contribution >= 0.6 is 76.0 Å². The molecule has 0 fully saturated rings. The summed E-state index contributed by atoms with van der Waals surface area (Å²) >= 11 is 0. The third-order valence-corrected chi connectivity index (χ3v) is 22.8. The molecule has 0 atom stereocenters. The first-order valence-corrected chi connectivity index (χ1v) is 27.7. The van der Waals surface area contributed by atoms with E-state index in [-0.39, 0.29) is 377 Å². The minimum Gasteiger partial charge on any atom is -0.809 e. The number of hydrogen-bond donors (Lipinski definition) is 0. The molecule has 0 heterocycles. The Morgan fingerprint density at radius 2 is 0.292 bits per heavy atom. The van der Waals surface area contributed by atoms with Crippen molar-refractivity contribution in [3.8, 4) is 0 Å². The van der Waals surface area contributed by atoms with E-state index in [1.807, 2.05) is 0 Å². The quantitative estimate of drug-likeness (QED) is 0.0761. The molecule has 0 amide bonds. The molecule has 0 rings (SSSR count). The summed E-state index contributed by atoms with van der Waals surface area (Å²) in [6.45, 7) is -10.6. The van der Waals surface area contributed by atoms with Crippen LogP contribution in [0.15, 0.2) is 0 Å². The fourth-order valence-corrected chi connectivity index (χ4v) is 18.2. The van der Waals surface area contributed by atoms with Gasteiger partial charge in [0.1, 0.15) is 0 Å². The average Bonchev–Trinajstić information content (AvgIpc) is 2.70. The zero-order valence-corrected chi connectivity index (χ0v) is 52.7. The van der Waals surface area contributed by atoms with Crippen LogP contribution in [0.4, 0.5) is 0 Å². The molecule has 0 aliphatic carbocycles. The van der Waals surface area contributed by atoms with E-state index in [0.29, 0.717) is 0 Å². The first-order chi connectivity index (χ1) is 22.2. The molecule has 33 nitrogen and oxygen atoms in total. The van der Waals surface area contributed by atoms with Gasteiger partial charge in [0.25, 0.3) is 0 Å². The van der Waals surface area contributed by atoms with Crippen LogP contribution in [0.25, 0.3) is 0 Å². The second-order valence-corrected chi connectivity index (χ2v) is 27.4. The van der Waals surface area contributed by atoms with Gasteiger partial charge in [-0.25, -0.2) is 0 Å². The molecule has 0 bridgehead atoms. The van der Waals surface area contributed by atoms with E-state index in [4.69, 9.17) is 0 Å². The van der Waals surface area contributed by atoms with Crippen molar-refractivity contribution in [2.24, 2.45) is 0 Å². The maximum Gasteiger partial charge on any atom is 1.00 e. The number of hydrogen-bond acceptors (Lipinski definition) is 33. The molecule has 0 unspecified atom stereocenters. The minimum absolute atomic E-state index is 0.